The molecule has 0 N–H and O–H groups in total. The highest BCUT2D eigenvalue weighted by molar-refractivity contribution is 6.16. The standard InChI is InChI=1S/C26H30N2O4/c1-16-9-6-7-11-23(16)28-17(2)13-20(18(28)3)14-22-24(26(30)31-5)19(4)27(25(22)29)15-21-10-8-12-32-21/h6-7,9,11,13-14,21H,8,10,12,15H2,1-5H3/b22-14-/t21-/m0/s1. The molecule has 0 saturated carbocycles. The molecule has 168 valence electrons. The molecule has 1 atom stereocenters. The number of aromatic nitrogens is 1. The topological polar surface area (TPSA) is 60.8 Å². The van der Waals surface area contributed by atoms with Crippen molar-refractivity contribution in [3.05, 3.63) is 69.7 Å². The number of esters is 1. The third kappa shape index (κ3) is 3.79. The molecule has 6 nitrogen and oxygen atoms in total. The van der Waals surface area contributed by atoms with Crippen molar-refractivity contribution in [1.82, 2.24) is 9.47 Å². The van der Waals surface area contributed by atoms with Crippen LogP contribution in [0.15, 0.2) is 47.2 Å². The summed E-state index contributed by atoms with van der Waals surface area (Å²) in [6.45, 7) is 9.12. The van der Waals surface area contributed by atoms with Gasteiger partial charge in [0.2, 0.25) is 0 Å². The van der Waals surface area contributed by atoms with Crippen LogP contribution in [0.5, 0.6) is 0 Å². The highest BCUT2D eigenvalue weighted by Gasteiger charge is 2.38. The number of allylic oxidation sites excluding steroid dienone is 1. The number of hydrogen-bond donors (Lipinski definition) is 0. The van der Waals surface area contributed by atoms with Gasteiger partial charge in [0.25, 0.3) is 5.91 Å². The number of carbonyl (C=O) groups is 2. The minimum atomic E-state index is -0.496. The number of amides is 1. The number of benzene rings is 1. The number of carbonyl (C=O) groups excluding carboxylic acids is 2. The average Bonchev–Trinajstić information content (AvgIpc) is 3.44. The van der Waals surface area contributed by atoms with E-state index in [0.717, 1.165) is 35.5 Å². The average molecular weight is 435 g/mol. The molecule has 0 radical (unpaired) electrons. The summed E-state index contributed by atoms with van der Waals surface area (Å²) in [5.74, 6) is -0.677. The predicted molar refractivity (Wildman–Crippen MR) is 123 cm³/mol. The second kappa shape index (κ2) is 8.79. The first kappa shape index (κ1) is 22.1. The summed E-state index contributed by atoms with van der Waals surface area (Å²) in [7, 11) is 1.34. The van der Waals surface area contributed by atoms with Crippen LogP contribution in [-0.4, -0.2) is 47.7 Å². The minimum Gasteiger partial charge on any atom is -0.465 e. The molecular weight excluding hydrogens is 404 g/mol. The van der Waals surface area contributed by atoms with Crippen molar-refractivity contribution in [2.45, 2.75) is 46.6 Å². The number of rotatable bonds is 5. The predicted octanol–water partition coefficient (Wildman–Crippen LogP) is 4.25. The third-order valence-electron chi connectivity index (χ3n) is 6.44. The molecule has 1 amide bonds. The van der Waals surface area contributed by atoms with Crippen LogP contribution < -0.4 is 0 Å². The Morgan fingerprint density at radius 1 is 1.22 bits per heavy atom. The highest BCUT2D eigenvalue weighted by atomic mass is 16.5. The maximum atomic E-state index is 13.4. The molecule has 0 unspecified atom stereocenters. The lowest BCUT2D eigenvalue weighted by atomic mass is 10.0. The minimum absolute atomic E-state index is 0.00160. The summed E-state index contributed by atoms with van der Waals surface area (Å²) in [4.78, 5) is 27.7. The van der Waals surface area contributed by atoms with E-state index in [1.165, 1.54) is 12.7 Å². The highest BCUT2D eigenvalue weighted by Crippen LogP contribution is 2.34. The largest absolute Gasteiger partial charge is 0.465 e. The van der Waals surface area contributed by atoms with E-state index in [-0.39, 0.29) is 12.0 Å². The van der Waals surface area contributed by atoms with Gasteiger partial charge >= 0.3 is 5.97 Å². The Kier molecular flexibility index (Phi) is 6.07. The third-order valence-corrected chi connectivity index (χ3v) is 6.44. The van der Waals surface area contributed by atoms with E-state index in [1.54, 1.807) is 11.8 Å². The van der Waals surface area contributed by atoms with Gasteiger partial charge in [-0.15, -0.1) is 0 Å². The summed E-state index contributed by atoms with van der Waals surface area (Å²) in [6.07, 6.45) is 3.73. The SMILES string of the molecule is COC(=O)C1=C(C)N(C[C@@H]2CCCO2)C(=O)/C1=C\c1cc(C)n(-c2ccccc2C)c1C. The van der Waals surface area contributed by atoms with Crippen LogP contribution in [0, 0.1) is 20.8 Å². The van der Waals surface area contributed by atoms with E-state index in [2.05, 4.69) is 29.7 Å². The Morgan fingerprint density at radius 3 is 2.62 bits per heavy atom. The first-order chi connectivity index (χ1) is 15.3. The van der Waals surface area contributed by atoms with E-state index in [1.807, 2.05) is 32.1 Å². The molecule has 1 aromatic carbocycles. The molecule has 1 saturated heterocycles. The first-order valence-corrected chi connectivity index (χ1v) is 11.0. The summed E-state index contributed by atoms with van der Waals surface area (Å²) in [5, 5.41) is 0. The Labute approximate surface area is 189 Å². The van der Waals surface area contributed by atoms with Crippen molar-refractivity contribution in [2.75, 3.05) is 20.3 Å². The van der Waals surface area contributed by atoms with E-state index in [4.69, 9.17) is 9.47 Å². The number of para-hydroxylation sites is 1. The molecule has 2 aromatic rings. The van der Waals surface area contributed by atoms with Crippen LogP contribution in [0.1, 0.15) is 42.3 Å². The van der Waals surface area contributed by atoms with E-state index in [9.17, 15) is 9.59 Å². The lowest BCUT2D eigenvalue weighted by Crippen LogP contribution is -2.33. The van der Waals surface area contributed by atoms with Gasteiger partial charge < -0.3 is 18.9 Å². The summed E-state index contributed by atoms with van der Waals surface area (Å²) < 4.78 is 12.9. The van der Waals surface area contributed by atoms with Crippen LogP contribution in [0.4, 0.5) is 0 Å². The van der Waals surface area contributed by atoms with Gasteiger partial charge in [-0.2, -0.15) is 0 Å². The number of aryl methyl sites for hydroxylation is 2. The Bertz CT molecular complexity index is 1130. The van der Waals surface area contributed by atoms with E-state index >= 15 is 0 Å². The number of nitrogens with zero attached hydrogens (tertiary/aromatic N) is 2. The Morgan fingerprint density at radius 2 is 1.97 bits per heavy atom. The van der Waals surface area contributed by atoms with Crippen molar-refractivity contribution < 1.29 is 19.1 Å². The molecular formula is C26H30N2O4. The van der Waals surface area contributed by atoms with Crippen molar-refractivity contribution in [1.29, 1.82) is 0 Å². The van der Waals surface area contributed by atoms with Gasteiger partial charge in [0, 0.05) is 29.4 Å². The molecule has 2 aliphatic heterocycles. The molecule has 32 heavy (non-hydrogen) atoms. The monoisotopic (exact) mass is 434 g/mol. The maximum Gasteiger partial charge on any atom is 0.340 e. The van der Waals surface area contributed by atoms with Gasteiger partial charge in [-0.25, -0.2) is 4.79 Å². The number of hydrogen-bond acceptors (Lipinski definition) is 4. The molecule has 0 spiro atoms. The molecule has 0 aliphatic carbocycles. The zero-order valence-corrected chi connectivity index (χ0v) is 19.4. The second-order valence-electron chi connectivity index (χ2n) is 8.51. The molecule has 6 heteroatoms. The molecule has 4 rings (SSSR count). The number of methoxy groups -OCH3 is 1. The van der Waals surface area contributed by atoms with Crippen LogP contribution in [0.25, 0.3) is 11.8 Å². The molecule has 0 bridgehead atoms. The van der Waals surface area contributed by atoms with Crippen LogP contribution in [-0.2, 0) is 19.1 Å². The second-order valence-corrected chi connectivity index (χ2v) is 8.51. The van der Waals surface area contributed by atoms with Crippen molar-refractivity contribution in [2.24, 2.45) is 0 Å². The van der Waals surface area contributed by atoms with Crippen molar-refractivity contribution >= 4 is 18.0 Å². The fourth-order valence-corrected chi connectivity index (χ4v) is 4.71. The van der Waals surface area contributed by atoms with Gasteiger partial charge in [0.1, 0.15) is 0 Å². The Hall–Kier alpha value is -3.12. The van der Waals surface area contributed by atoms with Crippen LogP contribution in [0.3, 0.4) is 0 Å². The maximum absolute atomic E-state index is 13.4. The van der Waals surface area contributed by atoms with Gasteiger partial charge in [-0.1, -0.05) is 18.2 Å². The fraction of sp³-hybridized carbons (Fsp3) is 0.385. The Balaban J connectivity index is 1.77. The number of ether oxygens (including phenoxy) is 2. The molecule has 1 aromatic heterocycles. The van der Waals surface area contributed by atoms with Gasteiger partial charge in [0.15, 0.2) is 0 Å². The summed E-state index contributed by atoms with van der Waals surface area (Å²) >= 11 is 0. The van der Waals surface area contributed by atoms with Crippen molar-refractivity contribution in [3.63, 3.8) is 0 Å². The smallest absolute Gasteiger partial charge is 0.340 e. The van der Waals surface area contributed by atoms with E-state index in [0.29, 0.717) is 30.0 Å². The lowest BCUT2D eigenvalue weighted by Gasteiger charge is -2.21. The van der Waals surface area contributed by atoms with E-state index < -0.39 is 5.97 Å². The normalized spacial score (nSPS) is 20.0. The van der Waals surface area contributed by atoms with Gasteiger partial charge in [0.05, 0.1) is 30.9 Å². The van der Waals surface area contributed by atoms with Crippen molar-refractivity contribution in [3.8, 4) is 5.69 Å². The zero-order valence-electron chi connectivity index (χ0n) is 19.4. The quantitative estimate of drug-likeness (QED) is 0.521. The molecule has 3 heterocycles. The first-order valence-electron chi connectivity index (χ1n) is 11.0. The molecule has 2 aliphatic rings. The van der Waals surface area contributed by atoms with Crippen LogP contribution in [0.2, 0.25) is 0 Å². The zero-order chi connectivity index (χ0) is 23.0. The summed E-state index contributed by atoms with van der Waals surface area (Å²) in [6, 6.07) is 10.3. The summed E-state index contributed by atoms with van der Waals surface area (Å²) in [5.41, 5.74) is 6.57. The van der Waals surface area contributed by atoms with Gasteiger partial charge in [-0.05, 0) is 69.9 Å². The lowest BCUT2D eigenvalue weighted by molar-refractivity contribution is -0.136. The van der Waals surface area contributed by atoms with Gasteiger partial charge in [-0.3, -0.25) is 4.79 Å². The molecule has 1 fully saturated rings. The van der Waals surface area contributed by atoms with Crippen LogP contribution >= 0.6 is 0 Å². The fourth-order valence-electron chi connectivity index (χ4n) is 4.71.